The van der Waals surface area contributed by atoms with Gasteiger partial charge in [-0.15, -0.1) is 0 Å². The van der Waals surface area contributed by atoms with Gasteiger partial charge in [-0.05, 0) is 136 Å². The van der Waals surface area contributed by atoms with Crippen LogP contribution in [-0.4, -0.2) is 38.8 Å². The molecule has 9 aliphatic carbocycles. The first-order valence-electron chi connectivity index (χ1n) is 20.0. The Balaban J connectivity index is 0.000000775. The Kier molecular flexibility index (Phi) is 22.2. The Morgan fingerprint density at radius 3 is 1.59 bits per heavy atom. The molecule has 0 amide bonds. The third-order valence-electron chi connectivity index (χ3n) is 13.0. The zero-order valence-electron chi connectivity index (χ0n) is 35.0. The first-order valence-corrected chi connectivity index (χ1v) is 20.0. The molecule has 9 unspecified atom stereocenters. The largest absolute Gasteiger partial charge is 1.00 e. The van der Waals surface area contributed by atoms with Gasteiger partial charge in [-0.2, -0.15) is 0 Å². The van der Waals surface area contributed by atoms with Gasteiger partial charge in [0, 0.05) is 34.8 Å². The maximum Gasteiger partial charge on any atom is 1.00 e. The van der Waals surface area contributed by atoms with E-state index in [2.05, 4.69) is 92.7 Å². The van der Waals surface area contributed by atoms with Gasteiger partial charge in [0.1, 0.15) is 11.5 Å². The van der Waals surface area contributed by atoms with Gasteiger partial charge in [-0.1, -0.05) is 111 Å². The third kappa shape index (κ3) is 12.4. The molecule has 0 aromatic heterocycles. The molecule has 0 aliphatic heterocycles. The van der Waals surface area contributed by atoms with Crippen LogP contribution in [0.2, 0.25) is 0 Å². The second-order valence-corrected chi connectivity index (χ2v) is 17.4. The molecule has 10 rings (SSSR count). The fourth-order valence-electron chi connectivity index (χ4n) is 9.79. The van der Waals surface area contributed by atoms with Crippen molar-refractivity contribution in [3.63, 3.8) is 0 Å². The molecule has 7 nitrogen and oxygen atoms in total. The molecule has 1 saturated carbocycles. The van der Waals surface area contributed by atoms with E-state index < -0.39 is 0 Å². The van der Waals surface area contributed by atoms with Crippen molar-refractivity contribution < 1.29 is 64.4 Å². The summed E-state index contributed by atoms with van der Waals surface area (Å²) in [6, 6.07) is 3.24. The van der Waals surface area contributed by atoms with Gasteiger partial charge < -0.3 is 15.7 Å². The number of phenols is 2. The quantitative estimate of drug-likeness (QED) is 0.135. The number of aromatic hydroxyl groups is 2. The zero-order valence-corrected chi connectivity index (χ0v) is 37.0. The van der Waals surface area contributed by atoms with E-state index in [1.165, 1.54) is 59.6 Å². The first-order chi connectivity index (χ1) is 25.5. The fraction of sp³-hybridized carbons (Fsp3) is 0.529. The SMILES string of the molecule is C.C.C.CC1=CC2C(C(C)C)CC1C1C(=O)C=CC(=O)C21.CC1=CC2c3c(O)ccc(O)c3C1CC2C(C)C.CC1=CCC(C(C)C)C=C1.O=C1C=CC(=O)C=C1.[Na+].[OH-]. The number of carbonyl (C=O) groups excluding carboxylic acids is 4. The number of benzene rings is 1. The second kappa shape index (κ2) is 23.6. The average Bonchev–Trinajstić information content (AvgIpc) is 3.13. The molecule has 1 aromatic rings. The molecule has 320 valence electrons. The maximum absolute atomic E-state index is 12.2. The van der Waals surface area contributed by atoms with Crippen LogP contribution in [0.5, 0.6) is 11.5 Å². The summed E-state index contributed by atoms with van der Waals surface area (Å²) in [6.45, 7) is 19.9. The van der Waals surface area contributed by atoms with Crippen molar-refractivity contribution in [1.82, 2.24) is 0 Å². The van der Waals surface area contributed by atoms with E-state index in [-0.39, 0.29) is 110 Å². The number of hydrogen-bond acceptors (Lipinski definition) is 7. The second-order valence-electron chi connectivity index (χ2n) is 17.4. The predicted molar refractivity (Wildman–Crippen MR) is 238 cm³/mol. The Morgan fingerprint density at radius 1 is 0.610 bits per heavy atom. The van der Waals surface area contributed by atoms with Gasteiger partial charge in [0.05, 0.1) is 0 Å². The van der Waals surface area contributed by atoms with Crippen LogP contribution in [0.1, 0.15) is 127 Å². The number of ketones is 4. The summed E-state index contributed by atoms with van der Waals surface area (Å²) in [6.07, 6.45) is 22.9. The van der Waals surface area contributed by atoms with Crippen molar-refractivity contribution in [2.75, 3.05) is 0 Å². The minimum absolute atomic E-state index is 0. The van der Waals surface area contributed by atoms with Crippen LogP contribution in [0.15, 0.2) is 95.7 Å². The minimum Gasteiger partial charge on any atom is -0.870 e. The molecule has 0 saturated heterocycles. The van der Waals surface area contributed by atoms with E-state index in [1.807, 2.05) is 0 Å². The van der Waals surface area contributed by atoms with Crippen molar-refractivity contribution in [3.8, 4) is 11.5 Å². The van der Waals surface area contributed by atoms with Crippen LogP contribution < -0.4 is 29.6 Å². The zero-order chi connectivity index (χ0) is 39.6. The van der Waals surface area contributed by atoms with Crippen LogP contribution in [0.3, 0.4) is 0 Å². The van der Waals surface area contributed by atoms with Gasteiger partial charge in [0.2, 0.25) is 0 Å². The Hall–Kier alpha value is -3.36. The van der Waals surface area contributed by atoms with E-state index in [0.717, 1.165) is 35.8 Å². The molecule has 9 aliphatic rings. The molecular weight excluding hydrogens is 748 g/mol. The standard InChI is InChI=1S/2C16H20O2.C10H16.C6H4O2.3CH4.Na.H2O/c2*1-8(2)10-7-11-9(3)6-12(10)16-14(18)5-4-13(17)15(11)16;1-8(2)10-6-4-9(3)5-7-10;7-5-1-2-6(8)4-3-5;;;;;/h4-6,8,10-12,17-18H,7H2,1-3H3;4-6,8,10-12,15-16H,7H2,1-3H3;4-6,8,10H,7H2,1-3H3;1-4H;3*1H4;;1H2/q;;;;;;;+1;/p-1. The number of phenolic OH excluding ortho intramolecular Hbond substituents is 2. The first kappa shape index (κ1) is 55.6. The molecule has 0 spiro atoms. The molecule has 0 heterocycles. The predicted octanol–water partition coefficient (Wildman–Crippen LogP) is 8.85. The summed E-state index contributed by atoms with van der Waals surface area (Å²) in [5, 5.41) is 20.3. The molecule has 9 atom stereocenters. The summed E-state index contributed by atoms with van der Waals surface area (Å²) in [7, 11) is 0. The Bertz CT molecular complexity index is 1830. The molecule has 1 fully saturated rings. The fourth-order valence-corrected chi connectivity index (χ4v) is 9.79. The third-order valence-corrected chi connectivity index (χ3v) is 13.0. The topological polar surface area (TPSA) is 139 Å². The van der Waals surface area contributed by atoms with Gasteiger partial charge in [-0.25, -0.2) is 0 Å². The number of fused-ring (bicyclic) bond motifs is 2. The van der Waals surface area contributed by atoms with Crippen LogP contribution in [-0.2, 0) is 19.2 Å². The van der Waals surface area contributed by atoms with E-state index in [1.54, 1.807) is 12.1 Å². The summed E-state index contributed by atoms with van der Waals surface area (Å²) < 4.78 is 0. The summed E-state index contributed by atoms with van der Waals surface area (Å²) in [5.74, 6) is 5.64. The van der Waals surface area contributed by atoms with Crippen molar-refractivity contribution in [1.29, 1.82) is 0 Å². The average molecular weight is 821 g/mol. The van der Waals surface area contributed by atoms with E-state index in [0.29, 0.717) is 41.1 Å². The molecule has 8 heteroatoms. The van der Waals surface area contributed by atoms with E-state index in [4.69, 9.17) is 0 Å². The number of rotatable bonds is 3. The van der Waals surface area contributed by atoms with Crippen LogP contribution in [0, 0.1) is 59.2 Å². The van der Waals surface area contributed by atoms with E-state index in [9.17, 15) is 29.4 Å². The van der Waals surface area contributed by atoms with Gasteiger partial charge >= 0.3 is 29.6 Å². The monoisotopic (exact) mass is 821 g/mol. The van der Waals surface area contributed by atoms with Gasteiger partial charge in [-0.3, -0.25) is 19.2 Å². The molecule has 1 aromatic carbocycles. The normalized spacial score (nSPS) is 28.5. The van der Waals surface area contributed by atoms with Gasteiger partial charge in [0.25, 0.3) is 0 Å². The molecular formula is C51H73NaO7. The molecule has 59 heavy (non-hydrogen) atoms. The van der Waals surface area contributed by atoms with Crippen LogP contribution in [0.4, 0.5) is 0 Å². The minimum atomic E-state index is -0.121. The summed E-state index contributed by atoms with van der Waals surface area (Å²) in [4.78, 5) is 44.9. The number of allylic oxidation sites excluding steroid dienone is 14. The van der Waals surface area contributed by atoms with Crippen molar-refractivity contribution in [3.05, 3.63) is 107 Å². The van der Waals surface area contributed by atoms with Crippen LogP contribution in [0.25, 0.3) is 0 Å². The Morgan fingerprint density at radius 2 is 1.12 bits per heavy atom. The Labute approximate surface area is 378 Å². The molecule has 4 bridgehead atoms. The molecule has 0 radical (unpaired) electrons. The smallest absolute Gasteiger partial charge is 0.870 e. The van der Waals surface area contributed by atoms with Crippen molar-refractivity contribution >= 4 is 23.1 Å². The van der Waals surface area contributed by atoms with Crippen LogP contribution >= 0.6 is 0 Å². The molecule has 3 N–H and O–H groups in total. The van der Waals surface area contributed by atoms with Crippen molar-refractivity contribution in [2.24, 2.45) is 59.2 Å². The number of carbonyl (C=O) groups is 4. The van der Waals surface area contributed by atoms with Gasteiger partial charge in [0.15, 0.2) is 23.1 Å². The summed E-state index contributed by atoms with van der Waals surface area (Å²) in [5.41, 5.74) is 6.02. The number of hydrogen-bond donors (Lipinski definition) is 2. The maximum atomic E-state index is 12.2. The van der Waals surface area contributed by atoms with E-state index >= 15 is 0 Å². The summed E-state index contributed by atoms with van der Waals surface area (Å²) >= 11 is 0. The van der Waals surface area contributed by atoms with Crippen molar-refractivity contribution in [2.45, 2.75) is 116 Å².